The third-order valence-electron chi connectivity index (χ3n) is 1.47. The highest BCUT2D eigenvalue weighted by Crippen LogP contribution is 2.11. The first-order valence-electron chi connectivity index (χ1n) is 4.90. The van der Waals surface area contributed by atoms with Gasteiger partial charge < -0.3 is 0 Å². The van der Waals surface area contributed by atoms with Gasteiger partial charge in [0.15, 0.2) is 0 Å². The summed E-state index contributed by atoms with van der Waals surface area (Å²) in [5.41, 5.74) is 1.04. The molecule has 2 aromatic rings. The number of hydrogen-bond donors (Lipinski definition) is 0. The molecule has 0 atom stereocenters. The number of alkyl halides is 2. The van der Waals surface area contributed by atoms with E-state index in [1.54, 1.807) is 18.7 Å². The molecule has 2 aromatic heterocycles. The van der Waals surface area contributed by atoms with Crippen LogP contribution in [0.2, 0.25) is 5.15 Å². The first-order chi connectivity index (χ1) is 9.61. The highest BCUT2D eigenvalue weighted by atomic mass is 127. The molecular formula is C11H13ClI4N4. The van der Waals surface area contributed by atoms with Crippen molar-refractivity contribution in [1.82, 2.24) is 19.9 Å². The predicted molar refractivity (Wildman–Crippen MR) is 119 cm³/mol. The van der Waals surface area contributed by atoms with Gasteiger partial charge in [0, 0.05) is 12.4 Å². The van der Waals surface area contributed by atoms with Gasteiger partial charge >= 0.3 is 0 Å². The van der Waals surface area contributed by atoms with Crippen molar-refractivity contribution in [3.63, 3.8) is 0 Å². The van der Waals surface area contributed by atoms with Crippen LogP contribution in [0.5, 0.6) is 0 Å². The lowest BCUT2D eigenvalue weighted by Crippen LogP contribution is -1.85. The second-order valence-corrected chi connectivity index (χ2v) is 5.30. The van der Waals surface area contributed by atoms with Crippen molar-refractivity contribution in [2.75, 3.05) is 9.86 Å². The highest BCUT2D eigenvalue weighted by Gasteiger charge is 1.91. The molecular weight excluding hydrogens is 731 g/mol. The van der Waals surface area contributed by atoms with Gasteiger partial charge in [-0.25, -0.2) is 19.9 Å². The zero-order valence-electron chi connectivity index (χ0n) is 11.0. The summed E-state index contributed by atoms with van der Waals surface area (Å²) < 4.78 is 2.00. The van der Waals surface area contributed by atoms with Crippen molar-refractivity contribution >= 4 is 102 Å². The van der Waals surface area contributed by atoms with E-state index in [-0.39, 0.29) is 0 Å². The Hall–Kier alpha value is 1.37. The zero-order chi connectivity index (χ0) is 16.0. The maximum absolute atomic E-state index is 5.55. The zero-order valence-corrected chi connectivity index (χ0v) is 20.4. The minimum Gasteiger partial charge on any atom is -0.244 e. The van der Waals surface area contributed by atoms with Crippen molar-refractivity contribution in [3.05, 3.63) is 43.0 Å². The molecule has 0 amide bonds. The van der Waals surface area contributed by atoms with Gasteiger partial charge in [0.2, 0.25) is 0 Å². The third-order valence-corrected chi connectivity index (χ3v) is 3.94. The molecule has 0 bridgehead atoms. The first-order valence-corrected chi connectivity index (χ1v) is 11.7. The minimum atomic E-state index is 0.514. The summed E-state index contributed by atoms with van der Waals surface area (Å²) in [6, 6.07) is 0. The molecule has 9 heteroatoms. The topological polar surface area (TPSA) is 51.6 Å². The molecule has 0 aliphatic heterocycles. The quantitative estimate of drug-likeness (QED) is 0.211. The second-order valence-electron chi connectivity index (χ2n) is 2.62. The summed E-state index contributed by atoms with van der Waals surface area (Å²) in [6.07, 6.45) is 6.43. The van der Waals surface area contributed by atoms with Crippen LogP contribution in [0.4, 0.5) is 0 Å². The number of halogens is 5. The third kappa shape index (κ3) is 12.0. The standard InChI is InChI=1S/C5H5IN2.C4H2ClIN2.2CH3I/c1-4-5(6)2-7-3-8-4;5-4-3(6)1-7-2-8-4;2*1-2/h2-3H,1H3;1-2H;2*1H3. The van der Waals surface area contributed by atoms with Crippen LogP contribution in [0.15, 0.2) is 25.0 Å². The van der Waals surface area contributed by atoms with Crippen molar-refractivity contribution in [3.8, 4) is 0 Å². The van der Waals surface area contributed by atoms with Crippen LogP contribution in [0.25, 0.3) is 0 Å². The van der Waals surface area contributed by atoms with Crippen LogP contribution in [0.1, 0.15) is 5.69 Å². The van der Waals surface area contributed by atoms with Gasteiger partial charge in [0.05, 0.1) is 12.8 Å². The van der Waals surface area contributed by atoms with E-state index in [2.05, 4.69) is 110 Å². The van der Waals surface area contributed by atoms with Crippen molar-refractivity contribution in [2.45, 2.75) is 6.92 Å². The normalized spacial score (nSPS) is 8.00. The molecule has 0 aromatic carbocycles. The molecule has 20 heavy (non-hydrogen) atoms. The molecule has 0 aliphatic carbocycles. The maximum atomic E-state index is 5.55. The first kappa shape index (κ1) is 23.6. The van der Waals surface area contributed by atoms with Crippen LogP contribution in [0, 0.1) is 14.1 Å². The number of aryl methyl sites for hydroxylation is 1. The lowest BCUT2D eigenvalue weighted by Gasteiger charge is -1.89. The predicted octanol–water partition coefficient (Wildman–Crippen LogP) is 5.23. The van der Waals surface area contributed by atoms with Crippen LogP contribution >= 0.6 is 102 Å². The van der Waals surface area contributed by atoms with Crippen molar-refractivity contribution in [2.24, 2.45) is 0 Å². The summed E-state index contributed by atoms with van der Waals surface area (Å²) in [5.74, 6) is 0. The molecule has 112 valence electrons. The van der Waals surface area contributed by atoms with Crippen LogP contribution in [-0.2, 0) is 0 Å². The summed E-state index contributed by atoms with van der Waals surface area (Å²) >= 11 is 14.1. The second kappa shape index (κ2) is 16.7. The molecule has 2 rings (SSSR count). The number of nitrogens with zero attached hydrogens (tertiary/aromatic N) is 4. The Morgan fingerprint density at radius 2 is 1.30 bits per heavy atom. The summed E-state index contributed by atoms with van der Waals surface area (Å²) in [7, 11) is 0. The Labute approximate surface area is 179 Å². The van der Waals surface area contributed by atoms with Gasteiger partial charge in [0.1, 0.15) is 17.8 Å². The molecule has 2 heterocycles. The summed E-state index contributed by atoms with van der Waals surface area (Å²) in [5, 5.41) is 0.514. The Morgan fingerprint density at radius 3 is 1.55 bits per heavy atom. The van der Waals surface area contributed by atoms with Gasteiger partial charge in [-0.2, -0.15) is 0 Å². The fourth-order valence-corrected chi connectivity index (χ4v) is 1.36. The van der Waals surface area contributed by atoms with Crippen molar-refractivity contribution < 1.29 is 0 Å². The lowest BCUT2D eigenvalue weighted by molar-refractivity contribution is 1.08. The van der Waals surface area contributed by atoms with E-state index in [4.69, 9.17) is 11.6 Å². The van der Waals surface area contributed by atoms with Crippen LogP contribution in [-0.4, -0.2) is 29.8 Å². The van der Waals surface area contributed by atoms with Gasteiger partial charge in [-0.05, 0) is 62.0 Å². The molecule has 0 radical (unpaired) electrons. The minimum absolute atomic E-state index is 0.514. The number of rotatable bonds is 0. The van der Waals surface area contributed by atoms with E-state index in [0.29, 0.717) is 5.15 Å². The van der Waals surface area contributed by atoms with Gasteiger partial charge in [-0.3, -0.25) is 0 Å². The Morgan fingerprint density at radius 1 is 0.850 bits per heavy atom. The molecule has 0 spiro atoms. The Bertz CT molecular complexity index is 388. The average molecular weight is 744 g/mol. The molecule has 0 saturated heterocycles. The molecule has 0 aliphatic rings. The smallest absolute Gasteiger partial charge is 0.145 e. The average Bonchev–Trinajstić information content (AvgIpc) is 2.50. The number of aromatic nitrogens is 4. The van der Waals surface area contributed by atoms with Gasteiger partial charge in [-0.1, -0.05) is 56.8 Å². The highest BCUT2D eigenvalue weighted by molar-refractivity contribution is 14.1. The van der Waals surface area contributed by atoms with E-state index in [0.717, 1.165) is 12.8 Å². The van der Waals surface area contributed by atoms with Gasteiger partial charge in [-0.15, -0.1) is 0 Å². The van der Waals surface area contributed by atoms with E-state index in [9.17, 15) is 0 Å². The molecule has 0 fully saturated rings. The lowest BCUT2D eigenvalue weighted by atomic mass is 10.5. The molecule has 0 unspecified atom stereocenters. The number of hydrogen-bond acceptors (Lipinski definition) is 4. The van der Waals surface area contributed by atoms with E-state index in [1.807, 2.05) is 16.8 Å². The van der Waals surface area contributed by atoms with Gasteiger partial charge in [0.25, 0.3) is 0 Å². The van der Waals surface area contributed by atoms with E-state index in [1.165, 1.54) is 6.33 Å². The Kier molecular flexibility index (Phi) is 19.8. The maximum Gasteiger partial charge on any atom is 0.145 e. The molecule has 0 saturated carbocycles. The van der Waals surface area contributed by atoms with Crippen LogP contribution < -0.4 is 0 Å². The summed E-state index contributed by atoms with van der Waals surface area (Å²) in [4.78, 5) is 19.2. The SMILES string of the molecule is CI.CI.Cc1ncncc1I.Clc1ncncc1I. The summed E-state index contributed by atoms with van der Waals surface area (Å²) in [6.45, 7) is 1.96. The van der Waals surface area contributed by atoms with E-state index >= 15 is 0 Å². The van der Waals surface area contributed by atoms with Crippen molar-refractivity contribution in [1.29, 1.82) is 0 Å². The Balaban J connectivity index is 0. The molecule has 0 N–H and O–H groups in total. The van der Waals surface area contributed by atoms with Crippen LogP contribution in [0.3, 0.4) is 0 Å². The fraction of sp³-hybridized carbons (Fsp3) is 0.273. The monoisotopic (exact) mass is 744 g/mol. The fourth-order valence-electron chi connectivity index (χ4n) is 0.672. The molecule has 4 nitrogen and oxygen atoms in total. The largest absolute Gasteiger partial charge is 0.244 e. The van der Waals surface area contributed by atoms with E-state index < -0.39 is 0 Å².